The van der Waals surface area contributed by atoms with E-state index in [9.17, 15) is 10.1 Å². The Balaban J connectivity index is 2.85. The van der Waals surface area contributed by atoms with Crippen LogP contribution in [0.2, 0.25) is 0 Å². The lowest BCUT2D eigenvalue weighted by Crippen LogP contribution is -2.24. The molecule has 1 rings (SSSR count). The van der Waals surface area contributed by atoms with Crippen LogP contribution in [0.3, 0.4) is 0 Å². The standard InChI is InChI=1S/C11H20N6O2/c1-8(5-6-16(3)4)15-11-9(17(18)19)10(12-2)13-7-14-11/h7-8H,5-6H2,1-4H3,(H2,12,13,14,15). The monoisotopic (exact) mass is 268 g/mol. The molecular formula is C11H20N6O2. The van der Waals surface area contributed by atoms with Crippen LogP contribution in [-0.2, 0) is 0 Å². The summed E-state index contributed by atoms with van der Waals surface area (Å²) in [5.74, 6) is 0.456. The van der Waals surface area contributed by atoms with Crippen molar-refractivity contribution in [1.82, 2.24) is 14.9 Å². The Hall–Kier alpha value is -1.96. The lowest BCUT2D eigenvalue weighted by atomic mass is 10.2. The fraction of sp³-hybridized carbons (Fsp3) is 0.636. The van der Waals surface area contributed by atoms with Gasteiger partial charge in [0.2, 0.25) is 11.6 Å². The van der Waals surface area contributed by atoms with E-state index in [2.05, 4.69) is 25.5 Å². The Kier molecular flexibility index (Phi) is 5.43. The zero-order valence-corrected chi connectivity index (χ0v) is 11.7. The van der Waals surface area contributed by atoms with Crippen molar-refractivity contribution in [1.29, 1.82) is 0 Å². The maximum atomic E-state index is 11.1. The number of aromatic nitrogens is 2. The van der Waals surface area contributed by atoms with E-state index < -0.39 is 4.92 Å². The van der Waals surface area contributed by atoms with E-state index in [4.69, 9.17) is 0 Å². The lowest BCUT2D eigenvalue weighted by Gasteiger charge is -2.17. The molecule has 8 nitrogen and oxygen atoms in total. The second-order valence-electron chi connectivity index (χ2n) is 4.56. The number of rotatable bonds is 7. The number of hydrogen-bond donors (Lipinski definition) is 2. The van der Waals surface area contributed by atoms with E-state index in [-0.39, 0.29) is 23.4 Å². The van der Waals surface area contributed by atoms with Gasteiger partial charge in [0.1, 0.15) is 6.33 Å². The Morgan fingerprint density at radius 2 is 2.05 bits per heavy atom. The third kappa shape index (κ3) is 4.32. The molecule has 0 spiro atoms. The summed E-state index contributed by atoms with van der Waals surface area (Å²) in [6.45, 7) is 2.86. The van der Waals surface area contributed by atoms with Crippen LogP contribution in [-0.4, -0.2) is 53.5 Å². The quantitative estimate of drug-likeness (QED) is 0.566. The molecular weight excluding hydrogens is 248 g/mol. The molecule has 0 amide bonds. The molecule has 0 aromatic carbocycles. The van der Waals surface area contributed by atoms with Crippen LogP contribution in [0, 0.1) is 10.1 Å². The van der Waals surface area contributed by atoms with Crippen LogP contribution in [0.25, 0.3) is 0 Å². The highest BCUT2D eigenvalue weighted by molar-refractivity contribution is 5.69. The summed E-state index contributed by atoms with van der Waals surface area (Å²) in [5.41, 5.74) is -0.123. The molecule has 1 aromatic heterocycles. The first-order chi connectivity index (χ1) is 8.95. The van der Waals surface area contributed by atoms with Crippen molar-refractivity contribution < 1.29 is 4.92 Å². The Morgan fingerprint density at radius 1 is 1.42 bits per heavy atom. The molecule has 0 radical (unpaired) electrons. The van der Waals surface area contributed by atoms with E-state index in [1.807, 2.05) is 21.0 Å². The molecule has 1 unspecified atom stereocenters. The molecule has 19 heavy (non-hydrogen) atoms. The molecule has 106 valence electrons. The highest BCUT2D eigenvalue weighted by Crippen LogP contribution is 2.28. The average Bonchev–Trinajstić information content (AvgIpc) is 2.35. The van der Waals surface area contributed by atoms with Crippen LogP contribution in [0.15, 0.2) is 6.33 Å². The number of nitrogens with zero attached hydrogens (tertiary/aromatic N) is 4. The Bertz CT molecular complexity index is 437. The molecule has 1 heterocycles. The van der Waals surface area contributed by atoms with Crippen molar-refractivity contribution >= 4 is 17.3 Å². The minimum atomic E-state index is -0.479. The van der Waals surface area contributed by atoms with Gasteiger partial charge in [-0.25, -0.2) is 9.97 Å². The fourth-order valence-electron chi connectivity index (χ4n) is 1.60. The third-order valence-corrected chi connectivity index (χ3v) is 2.63. The zero-order chi connectivity index (χ0) is 14.4. The van der Waals surface area contributed by atoms with Crippen LogP contribution in [0.1, 0.15) is 13.3 Å². The predicted molar refractivity (Wildman–Crippen MR) is 74.5 cm³/mol. The minimum Gasteiger partial charge on any atom is -0.367 e. The molecule has 0 aliphatic carbocycles. The molecule has 0 aliphatic rings. The van der Waals surface area contributed by atoms with Crippen molar-refractivity contribution in [2.24, 2.45) is 0 Å². The van der Waals surface area contributed by atoms with Gasteiger partial charge in [0.15, 0.2) is 0 Å². The van der Waals surface area contributed by atoms with Gasteiger partial charge in [-0.15, -0.1) is 0 Å². The molecule has 0 aliphatic heterocycles. The first-order valence-electron chi connectivity index (χ1n) is 6.04. The molecule has 0 bridgehead atoms. The summed E-state index contributed by atoms with van der Waals surface area (Å²) in [6, 6.07) is 0.0840. The van der Waals surface area contributed by atoms with Gasteiger partial charge in [-0.3, -0.25) is 10.1 Å². The summed E-state index contributed by atoms with van der Waals surface area (Å²) in [5, 5.41) is 16.8. The van der Waals surface area contributed by atoms with Crippen LogP contribution in [0.4, 0.5) is 17.3 Å². The maximum absolute atomic E-state index is 11.1. The summed E-state index contributed by atoms with van der Waals surface area (Å²) in [6.07, 6.45) is 2.17. The summed E-state index contributed by atoms with van der Waals surface area (Å²) < 4.78 is 0. The van der Waals surface area contributed by atoms with Gasteiger partial charge in [0, 0.05) is 13.1 Å². The highest BCUT2D eigenvalue weighted by atomic mass is 16.6. The average molecular weight is 268 g/mol. The van der Waals surface area contributed by atoms with Crippen LogP contribution in [0.5, 0.6) is 0 Å². The molecule has 1 atom stereocenters. The molecule has 0 saturated carbocycles. The molecule has 8 heteroatoms. The summed E-state index contributed by atoms with van der Waals surface area (Å²) in [4.78, 5) is 20.5. The molecule has 0 fully saturated rings. The van der Waals surface area contributed by atoms with Crippen molar-refractivity contribution in [2.75, 3.05) is 38.3 Å². The van der Waals surface area contributed by atoms with E-state index in [1.165, 1.54) is 6.33 Å². The smallest absolute Gasteiger partial charge is 0.353 e. The van der Waals surface area contributed by atoms with Gasteiger partial charge < -0.3 is 15.5 Å². The van der Waals surface area contributed by atoms with Gasteiger partial charge in [0.25, 0.3) is 0 Å². The first kappa shape index (κ1) is 15.1. The fourth-order valence-corrected chi connectivity index (χ4v) is 1.60. The topological polar surface area (TPSA) is 96.2 Å². The van der Waals surface area contributed by atoms with E-state index >= 15 is 0 Å². The van der Waals surface area contributed by atoms with Gasteiger partial charge in [0.05, 0.1) is 4.92 Å². The van der Waals surface area contributed by atoms with Crippen molar-refractivity contribution in [3.05, 3.63) is 16.4 Å². The molecule has 1 aromatic rings. The molecule has 2 N–H and O–H groups in total. The van der Waals surface area contributed by atoms with Gasteiger partial charge in [-0.1, -0.05) is 0 Å². The summed E-state index contributed by atoms with van der Waals surface area (Å²) in [7, 11) is 5.56. The van der Waals surface area contributed by atoms with Crippen molar-refractivity contribution in [2.45, 2.75) is 19.4 Å². The zero-order valence-electron chi connectivity index (χ0n) is 11.7. The van der Waals surface area contributed by atoms with E-state index in [1.54, 1.807) is 7.05 Å². The van der Waals surface area contributed by atoms with E-state index in [0.717, 1.165) is 13.0 Å². The van der Waals surface area contributed by atoms with E-state index in [0.29, 0.717) is 0 Å². The van der Waals surface area contributed by atoms with Crippen LogP contribution < -0.4 is 10.6 Å². The number of hydrogen-bond acceptors (Lipinski definition) is 7. The SMILES string of the molecule is CNc1ncnc(NC(C)CCN(C)C)c1[N+](=O)[O-]. The van der Waals surface area contributed by atoms with Crippen molar-refractivity contribution in [3.63, 3.8) is 0 Å². The maximum Gasteiger partial charge on any atom is 0.353 e. The second kappa shape index (κ2) is 6.83. The minimum absolute atomic E-state index is 0.0840. The number of nitro groups is 1. The second-order valence-corrected chi connectivity index (χ2v) is 4.56. The van der Waals surface area contributed by atoms with Gasteiger partial charge in [-0.05, 0) is 34.0 Å². The first-order valence-corrected chi connectivity index (χ1v) is 6.04. The largest absolute Gasteiger partial charge is 0.367 e. The van der Waals surface area contributed by atoms with Gasteiger partial charge >= 0.3 is 5.69 Å². The Labute approximate surface area is 112 Å². The highest BCUT2D eigenvalue weighted by Gasteiger charge is 2.22. The molecule has 0 saturated heterocycles. The lowest BCUT2D eigenvalue weighted by molar-refractivity contribution is -0.383. The van der Waals surface area contributed by atoms with Gasteiger partial charge in [-0.2, -0.15) is 0 Å². The summed E-state index contributed by atoms with van der Waals surface area (Å²) >= 11 is 0. The third-order valence-electron chi connectivity index (χ3n) is 2.63. The van der Waals surface area contributed by atoms with Crippen molar-refractivity contribution in [3.8, 4) is 0 Å². The van der Waals surface area contributed by atoms with Crippen LogP contribution >= 0.6 is 0 Å². The number of anilines is 2. The Morgan fingerprint density at radius 3 is 2.58 bits per heavy atom. The normalized spacial score (nSPS) is 12.3. The number of nitrogens with one attached hydrogen (secondary N) is 2. The predicted octanol–water partition coefficient (Wildman–Crippen LogP) is 1.18.